The van der Waals surface area contributed by atoms with Crippen LogP contribution in [0.3, 0.4) is 0 Å². The zero-order valence-electron chi connectivity index (χ0n) is 19.5. The van der Waals surface area contributed by atoms with Gasteiger partial charge in [-0.2, -0.15) is 5.26 Å². The fraction of sp³-hybridized carbons (Fsp3) is 0.250. The molecule has 3 aromatic rings. The first kappa shape index (κ1) is 24.5. The molecule has 0 bridgehead atoms. The second kappa shape index (κ2) is 11.2. The van der Waals surface area contributed by atoms with Crippen LogP contribution in [0.25, 0.3) is 11.1 Å². The first-order valence-electron chi connectivity index (χ1n) is 11.1. The van der Waals surface area contributed by atoms with E-state index in [1.165, 1.54) is 0 Å². The lowest BCUT2D eigenvalue weighted by molar-refractivity contribution is -0.154. The number of ether oxygens (including phenoxy) is 3. The van der Waals surface area contributed by atoms with Gasteiger partial charge in [0.2, 0.25) is 0 Å². The molecule has 0 N–H and O–H groups in total. The summed E-state index contributed by atoms with van der Waals surface area (Å²) in [6.07, 6.45) is 0.700. The summed E-state index contributed by atoms with van der Waals surface area (Å²) in [6.45, 7) is 6.01. The first-order valence-corrected chi connectivity index (χ1v) is 11.1. The van der Waals surface area contributed by atoms with Crippen molar-refractivity contribution in [2.75, 3.05) is 13.2 Å². The summed E-state index contributed by atoms with van der Waals surface area (Å²) in [5, 5.41) is 8.91. The summed E-state index contributed by atoms with van der Waals surface area (Å²) in [7, 11) is 0. The van der Waals surface area contributed by atoms with Crippen LogP contribution in [0.1, 0.15) is 43.1 Å². The van der Waals surface area contributed by atoms with E-state index in [1.54, 1.807) is 48.5 Å². The molecule has 6 heteroatoms. The third-order valence-electron chi connectivity index (χ3n) is 5.52. The third-order valence-corrected chi connectivity index (χ3v) is 5.52. The summed E-state index contributed by atoms with van der Waals surface area (Å²) >= 11 is 0. The van der Waals surface area contributed by atoms with E-state index >= 15 is 0 Å². The first-order chi connectivity index (χ1) is 16.3. The van der Waals surface area contributed by atoms with Crippen molar-refractivity contribution in [2.24, 2.45) is 5.41 Å². The van der Waals surface area contributed by atoms with Gasteiger partial charge in [-0.1, -0.05) is 31.2 Å². The fourth-order valence-electron chi connectivity index (χ4n) is 2.94. The highest BCUT2D eigenvalue weighted by molar-refractivity contribution is 5.91. The molecule has 0 radical (unpaired) electrons. The van der Waals surface area contributed by atoms with Crippen molar-refractivity contribution >= 4 is 11.9 Å². The highest BCUT2D eigenvalue weighted by Gasteiger charge is 2.26. The van der Waals surface area contributed by atoms with E-state index in [2.05, 4.69) is 6.07 Å². The largest absolute Gasteiger partial charge is 0.490 e. The van der Waals surface area contributed by atoms with Crippen molar-refractivity contribution in [1.82, 2.24) is 0 Å². The van der Waals surface area contributed by atoms with Gasteiger partial charge in [-0.15, -0.1) is 0 Å². The summed E-state index contributed by atoms with van der Waals surface area (Å²) in [5.74, 6) is 0.267. The predicted molar refractivity (Wildman–Crippen MR) is 129 cm³/mol. The maximum Gasteiger partial charge on any atom is 0.343 e. The minimum Gasteiger partial charge on any atom is -0.490 e. The van der Waals surface area contributed by atoms with Crippen LogP contribution in [-0.2, 0) is 9.53 Å². The quantitative estimate of drug-likeness (QED) is 0.229. The van der Waals surface area contributed by atoms with Crippen molar-refractivity contribution in [3.63, 3.8) is 0 Å². The summed E-state index contributed by atoms with van der Waals surface area (Å²) < 4.78 is 16.3. The highest BCUT2D eigenvalue weighted by atomic mass is 16.6. The van der Waals surface area contributed by atoms with E-state index < -0.39 is 11.4 Å². The standard InChI is InChI=1S/C28H27NO5/c1-4-28(2,3)27(31)33-18-17-32-24-13-11-23(12-14-24)26(30)34-25-15-9-22(10-16-25)21-7-5-20(19-29)6-8-21/h5-16H,4,17-18H2,1-3H3. The molecule has 0 aliphatic heterocycles. The van der Waals surface area contributed by atoms with Crippen LogP contribution >= 0.6 is 0 Å². The SMILES string of the molecule is CCC(C)(C)C(=O)OCCOc1ccc(C(=O)Oc2ccc(-c3ccc(C#N)cc3)cc2)cc1. The van der Waals surface area contributed by atoms with E-state index in [-0.39, 0.29) is 19.2 Å². The molecule has 0 aromatic heterocycles. The number of rotatable bonds is 9. The molecule has 0 saturated carbocycles. The molecule has 0 saturated heterocycles. The molecule has 0 aliphatic rings. The number of benzene rings is 3. The molecule has 3 aromatic carbocycles. The van der Waals surface area contributed by atoms with Crippen molar-refractivity contribution in [3.05, 3.63) is 83.9 Å². The molecular weight excluding hydrogens is 430 g/mol. The predicted octanol–water partition coefficient (Wildman–Crippen LogP) is 5.80. The number of carbonyl (C=O) groups is 2. The summed E-state index contributed by atoms with van der Waals surface area (Å²) in [6, 6.07) is 23.1. The number of nitrogens with zero attached hydrogens (tertiary/aromatic N) is 1. The Morgan fingerprint density at radius 1 is 0.824 bits per heavy atom. The second-order valence-corrected chi connectivity index (χ2v) is 8.35. The topological polar surface area (TPSA) is 85.6 Å². The van der Waals surface area contributed by atoms with Crippen molar-refractivity contribution in [2.45, 2.75) is 27.2 Å². The Morgan fingerprint density at radius 2 is 1.38 bits per heavy atom. The minimum absolute atomic E-state index is 0.157. The highest BCUT2D eigenvalue weighted by Crippen LogP contribution is 2.24. The zero-order valence-corrected chi connectivity index (χ0v) is 19.5. The molecule has 34 heavy (non-hydrogen) atoms. The lowest BCUT2D eigenvalue weighted by Gasteiger charge is -2.20. The molecule has 0 unspecified atom stereocenters. The average molecular weight is 458 g/mol. The van der Waals surface area contributed by atoms with Gasteiger partial charge in [0, 0.05) is 0 Å². The molecule has 6 nitrogen and oxygen atoms in total. The number of carbonyl (C=O) groups excluding carboxylic acids is 2. The van der Waals surface area contributed by atoms with Crippen molar-refractivity contribution < 1.29 is 23.8 Å². The third kappa shape index (κ3) is 6.46. The monoisotopic (exact) mass is 457 g/mol. The summed E-state index contributed by atoms with van der Waals surface area (Å²) in [5.41, 5.74) is 2.40. The Labute approximate surface area is 199 Å². The lowest BCUT2D eigenvalue weighted by Crippen LogP contribution is -2.27. The lowest BCUT2D eigenvalue weighted by atomic mass is 9.91. The van der Waals surface area contributed by atoms with Gasteiger partial charge < -0.3 is 14.2 Å². The number of hydrogen-bond acceptors (Lipinski definition) is 6. The fourth-order valence-corrected chi connectivity index (χ4v) is 2.94. The maximum atomic E-state index is 12.5. The molecule has 0 atom stereocenters. The zero-order chi connectivity index (χ0) is 24.6. The number of esters is 2. The van der Waals surface area contributed by atoms with Crippen LogP contribution in [0.5, 0.6) is 11.5 Å². The normalized spacial score (nSPS) is 10.8. The average Bonchev–Trinajstić information content (AvgIpc) is 2.87. The van der Waals surface area contributed by atoms with E-state index in [1.807, 2.05) is 45.0 Å². The van der Waals surface area contributed by atoms with Crippen LogP contribution in [-0.4, -0.2) is 25.2 Å². The van der Waals surface area contributed by atoms with E-state index in [9.17, 15) is 9.59 Å². The molecule has 0 spiro atoms. The Bertz CT molecular complexity index is 1160. The van der Waals surface area contributed by atoms with Gasteiger partial charge in [0.1, 0.15) is 24.7 Å². The van der Waals surface area contributed by atoms with Crippen LogP contribution in [0.4, 0.5) is 0 Å². The van der Waals surface area contributed by atoms with E-state index in [4.69, 9.17) is 19.5 Å². The van der Waals surface area contributed by atoms with Gasteiger partial charge in [-0.25, -0.2) is 4.79 Å². The van der Waals surface area contributed by atoms with Crippen LogP contribution in [0.15, 0.2) is 72.8 Å². The molecule has 0 fully saturated rings. The molecule has 0 amide bonds. The number of nitriles is 1. The molecule has 3 rings (SSSR count). The second-order valence-electron chi connectivity index (χ2n) is 8.35. The maximum absolute atomic E-state index is 12.5. The van der Waals surface area contributed by atoms with Gasteiger partial charge in [-0.05, 0) is 79.9 Å². The van der Waals surface area contributed by atoms with Crippen molar-refractivity contribution in [3.8, 4) is 28.7 Å². The molecular formula is C28H27NO5. The molecule has 174 valence electrons. The van der Waals surface area contributed by atoms with Gasteiger partial charge in [-0.3, -0.25) is 4.79 Å². The van der Waals surface area contributed by atoms with Crippen LogP contribution in [0.2, 0.25) is 0 Å². The number of hydrogen-bond donors (Lipinski definition) is 0. The van der Waals surface area contributed by atoms with E-state index in [0.29, 0.717) is 29.0 Å². The Hall–Kier alpha value is -4.11. The minimum atomic E-state index is -0.508. The van der Waals surface area contributed by atoms with Gasteiger partial charge >= 0.3 is 11.9 Å². The van der Waals surface area contributed by atoms with Crippen molar-refractivity contribution in [1.29, 1.82) is 5.26 Å². The van der Waals surface area contributed by atoms with E-state index in [0.717, 1.165) is 11.1 Å². The van der Waals surface area contributed by atoms with Crippen LogP contribution in [0, 0.1) is 16.7 Å². The van der Waals surface area contributed by atoms with Gasteiger partial charge in [0.15, 0.2) is 0 Å². The molecule has 0 heterocycles. The molecule has 0 aliphatic carbocycles. The van der Waals surface area contributed by atoms with Gasteiger partial charge in [0.05, 0.1) is 22.6 Å². The van der Waals surface area contributed by atoms with Gasteiger partial charge in [0.25, 0.3) is 0 Å². The summed E-state index contributed by atoms with van der Waals surface area (Å²) in [4.78, 5) is 24.4. The smallest absolute Gasteiger partial charge is 0.343 e. The Kier molecular flexibility index (Phi) is 8.05. The Morgan fingerprint density at radius 3 is 1.94 bits per heavy atom. The van der Waals surface area contributed by atoms with Crippen LogP contribution < -0.4 is 9.47 Å². The Balaban J connectivity index is 1.49.